The van der Waals surface area contributed by atoms with Gasteiger partial charge in [0.05, 0.1) is 11.7 Å². The molecule has 0 spiro atoms. The first kappa shape index (κ1) is 18.8. The Morgan fingerprint density at radius 2 is 1.74 bits per heavy atom. The zero-order chi connectivity index (χ0) is 19.0. The van der Waals surface area contributed by atoms with Crippen LogP contribution in [0.2, 0.25) is 5.02 Å². The number of benzene rings is 2. The van der Waals surface area contributed by atoms with Gasteiger partial charge in [-0.3, -0.25) is 4.90 Å². The third-order valence-corrected chi connectivity index (χ3v) is 7.76. The van der Waals surface area contributed by atoms with Crippen molar-refractivity contribution in [2.45, 2.75) is 17.9 Å². The number of hydrogen-bond donors (Lipinski definition) is 0. The van der Waals surface area contributed by atoms with Gasteiger partial charge in [-0.05, 0) is 36.8 Å². The van der Waals surface area contributed by atoms with Gasteiger partial charge in [0, 0.05) is 37.2 Å². The number of fused-ring (bicyclic) bond motifs is 1. The minimum atomic E-state index is -3.58. The Morgan fingerprint density at radius 3 is 2.44 bits per heavy atom. The lowest BCUT2D eigenvalue weighted by atomic mass is 10.1. The van der Waals surface area contributed by atoms with Gasteiger partial charge < -0.3 is 0 Å². The summed E-state index contributed by atoms with van der Waals surface area (Å²) in [6.07, 6.45) is 0. The van der Waals surface area contributed by atoms with Crippen molar-refractivity contribution >= 4 is 44.4 Å². The van der Waals surface area contributed by atoms with Crippen molar-refractivity contribution < 1.29 is 8.42 Å². The topological polar surface area (TPSA) is 66.4 Å². The van der Waals surface area contributed by atoms with Crippen molar-refractivity contribution in [1.29, 1.82) is 0 Å². The van der Waals surface area contributed by atoms with Gasteiger partial charge in [-0.2, -0.15) is 13.1 Å². The third-order valence-electron chi connectivity index (χ3n) is 5.04. The van der Waals surface area contributed by atoms with Crippen LogP contribution in [-0.4, -0.2) is 52.5 Å². The van der Waals surface area contributed by atoms with Crippen LogP contribution in [0.4, 0.5) is 0 Å². The van der Waals surface area contributed by atoms with Crippen LogP contribution in [0.1, 0.15) is 18.5 Å². The Morgan fingerprint density at radius 1 is 1.04 bits per heavy atom. The molecule has 1 unspecified atom stereocenters. The van der Waals surface area contributed by atoms with E-state index in [1.165, 1.54) is 5.56 Å². The van der Waals surface area contributed by atoms with E-state index in [0.29, 0.717) is 42.2 Å². The molecule has 1 fully saturated rings. The van der Waals surface area contributed by atoms with E-state index in [9.17, 15) is 8.42 Å². The normalized spacial score (nSPS) is 18.0. The van der Waals surface area contributed by atoms with Gasteiger partial charge in [-0.25, -0.2) is 8.42 Å². The van der Waals surface area contributed by atoms with Crippen molar-refractivity contribution in [2.75, 3.05) is 26.2 Å². The Balaban J connectivity index is 1.50. The lowest BCUT2D eigenvalue weighted by molar-refractivity contribution is 0.146. The van der Waals surface area contributed by atoms with Gasteiger partial charge in [-0.1, -0.05) is 29.8 Å². The summed E-state index contributed by atoms with van der Waals surface area (Å²) in [4.78, 5) is 2.54. The predicted molar refractivity (Wildman–Crippen MR) is 108 cm³/mol. The van der Waals surface area contributed by atoms with Gasteiger partial charge in [0.15, 0.2) is 0 Å². The number of halogens is 1. The molecule has 1 atom stereocenters. The summed E-state index contributed by atoms with van der Waals surface area (Å²) < 4.78 is 36.1. The first-order chi connectivity index (χ1) is 13.0. The monoisotopic (exact) mass is 422 g/mol. The van der Waals surface area contributed by atoms with Crippen LogP contribution in [0.3, 0.4) is 0 Å². The molecule has 1 aromatic heterocycles. The smallest absolute Gasteiger partial charge is 0.245 e. The summed E-state index contributed by atoms with van der Waals surface area (Å²) in [6, 6.07) is 13.1. The van der Waals surface area contributed by atoms with E-state index in [0.717, 1.165) is 11.7 Å². The molecule has 1 aliphatic heterocycles. The molecular formula is C18H19ClN4O2S2. The SMILES string of the molecule is CC(c1ccc(Cl)cc1)N1CCN(S(=O)(=O)c2cccc3nsnc23)CC1. The number of nitrogens with zero attached hydrogens (tertiary/aromatic N) is 4. The summed E-state index contributed by atoms with van der Waals surface area (Å²) in [6.45, 7) is 4.39. The second kappa shape index (κ2) is 7.44. The summed E-state index contributed by atoms with van der Waals surface area (Å²) >= 11 is 7.00. The van der Waals surface area contributed by atoms with Crippen molar-refractivity contribution in [2.24, 2.45) is 0 Å². The molecule has 9 heteroatoms. The number of piperazine rings is 1. The molecule has 142 valence electrons. The summed E-state index contributed by atoms with van der Waals surface area (Å²) in [5, 5.41) is 0.715. The van der Waals surface area contributed by atoms with Gasteiger partial charge in [0.25, 0.3) is 0 Å². The zero-order valence-electron chi connectivity index (χ0n) is 14.7. The molecule has 4 rings (SSSR count). The first-order valence-electron chi connectivity index (χ1n) is 8.68. The molecular weight excluding hydrogens is 404 g/mol. The molecule has 0 aliphatic carbocycles. The van der Waals surface area contributed by atoms with Gasteiger partial charge in [-0.15, -0.1) is 0 Å². The van der Waals surface area contributed by atoms with Crippen LogP contribution in [0.25, 0.3) is 11.0 Å². The molecule has 0 saturated carbocycles. The fraction of sp³-hybridized carbons (Fsp3) is 0.333. The summed E-state index contributed by atoms with van der Waals surface area (Å²) in [7, 11) is -3.58. The molecule has 3 aromatic rings. The standard InChI is InChI=1S/C18H19ClN4O2S2/c1-13(14-5-7-15(19)8-6-14)22-9-11-23(12-10-22)27(24,25)17-4-2-3-16-18(17)21-26-20-16/h2-8,13H,9-12H2,1H3. The molecule has 1 aliphatic rings. The van der Waals surface area contributed by atoms with Crippen LogP contribution in [0, 0.1) is 0 Å². The van der Waals surface area contributed by atoms with Crippen LogP contribution < -0.4 is 0 Å². The molecule has 2 aromatic carbocycles. The fourth-order valence-electron chi connectivity index (χ4n) is 3.41. The average Bonchev–Trinajstić information content (AvgIpc) is 3.17. The molecule has 0 amide bonds. The van der Waals surface area contributed by atoms with Crippen LogP contribution in [0.15, 0.2) is 47.4 Å². The largest absolute Gasteiger partial charge is 0.294 e. The number of rotatable bonds is 4. The fourth-order valence-corrected chi connectivity index (χ4v) is 5.71. The minimum absolute atomic E-state index is 0.207. The maximum Gasteiger partial charge on any atom is 0.245 e. The predicted octanol–water partition coefficient (Wildman–Crippen LogP) is 3.41. The highest BCUT2D eigenvalue weighted by atomic mass is 35.5. The highest BCUT2D eigenvalue weighted by Crippen LogP contribution is 2.27. The molecule has 0 N–H and O–H groups in total. The van der Waals surface area contributed by atoms with Gasteiger partial charge in [0.2, 0.25) is 10.0 Å². The van der Waals surface area contributed by atoms with Crippen molar-refractivity contribution in [3.63, 3.8) is 0 Å². The highest BCUT2D eigenvalue weighted by Gasteiger charge is 2.32. The molecule has 0 bridgehead atoms. The van der Waals surface area contributed by atoms with E-state index in [1.54, 1.807) is 22.5 Å². The van der Waals surface area contributed by atoms with E-state index in [1.807, 2.05) is 24.3 Å². The molecule has 1 saturated heterocycles. The summed E-state index contributed by atoms with van der Waals surface area (Å²) in [5.74, 6) is 0. The Kier molecular flexibility index (Phi) is 5.17. The van der Waals surface area contributed by atoms with E-state index >= 15 is 0 Å². The van der Waals surface area contributed by atoms with Crippen molar-refractivity contribution in [3.8, 4) is 0 Å². The van der Waals surface area contributed by atoms with E-state index in [-0.39, 0.29) is 10.9 Å². The summed E-state index contributed by atoms with van der Waals surface area (Å²) in [5.41, 5.74) is 2.25. The van der Waals surface area contributed by atoms with Crippen molar-refractivity contribution in [1.82, 2.24) is 18.0 Å². The molecule has 6 nitrogen and oxygen atoms in total. The number of sulfonamides is 1. The van der Waals surface area contributed by atoms with Crippen LogP contribution >= 0.6 is 23.3 Å². The number of aromatic nitrogens is 2. The third kappa shape index (κ3) is 3.60. The van der Waals surface area contributed by atoms with E-state index < -0.39 is 10.0 Å². The van der Waals surface area contributed by atoms with Crippen LogP contribution in [-0.2, 0) is 10.0 Å². The zero-order valence-corrected chi connectivity index (χ0v) is 17.1. The minimum Gasteiger partial charge on any atom is -0.294 e. The maximum absolute atomic E-state index is 13.1. The highest BCUT2D eigenvalue weighted by molar-refractivity contribution is 7.89. The molecule has 27 heavy (non-hydrogen) atoms. The molecule has 2 heterocycles. The van der Waals surface area contributed by atoms with Gasteiger partial charge >= 0.3 is 0 Å². The Hall–Kier alpha value is -1.58. The van der Waals surface area contributed by atoms with Gasteiger partial charge in [0.1, 0.15) is 15.9 Å². The van der Waals surface area contributed by atoms with E-state index in [2.05, 4.69) is 20.6 Å². The quantitative estimate of drug-likeness (QED) is 0.644. The van der Waals surface area contributed by atoms with Crippen molar-refractivity contribution in [3.05, 3.63) is 53.1 Å². The average molecular weight is 423 g/mol. The first-order valence-corrected chi connectivity index (χ1v) is 11.2. The second-order valence-corrected chi connectivity index (χ2v) is 9.43. The lowest BCUT2D eigenvalue weighted by Crippen LogP contribution is -2.49. The van der Waals surface area contributed by atoms with E-state index in [4.69, 9.17) is 11.6 Å². The Bertz CT molecular complexity index is 1040. The second-order valence-electron chi connectivity index (χ2n) is 6.56. The van der Waals surface area contributed by atoms with Crippen LogP contribution in [0.5, 0.6) is 0 Å². The number of hydrogen-bond acceptors (Lipinski definition) is 6. The lowest BCUT2D eigenvalue weighted by Gasteiger charge is -2.37. The maximum atomic E-state index is 13.1. The molecule has 0 radical (unpaired) electrons. The Labute approximate surface area is 167 Å².